The fourth-order valence-corrected chi connectivity index (χ4v) is 2.27. The molecule has 2 aromatic heterocycles. The number of alkyl halides is 1. The van der Waals surface area contributed by atoms with Gasteiger partial charge in [0, 0.05) is 43.3 Å². The first-order valence-corrected chi connectivity index (χ1v) is 9.21. The Bertz CT molecular complexity index is 752. The summed E-state index contributed by atoms with van der Waals surface area (Å²) in [5.41, 5.74) is 1.06. The largest absolute Gasteiger partial charge is 0.345 e. The number of benzene rings is 1. The molecule has 0 aliphatic carbocycles. The molecule has 0 saturated carbocycles. The van der Waals surface area contributed by atoms with Crippen molar-refractivity contribution in [3.05, 3.63) is 80.2 Å². The second-order valence-corrected chi connectivity index (χ2v) is 5.25. The Morgan fingerprint density at radius 3 is 2.33 bits per heavy atom. The normalized spacial score (nSPS) is 11.9. The van der Waals surface area contributed by atoms with Gasteiger partial charge in [0.05, 0.1) is 5.52 Å². The Hall–Kier alpha value is -2.92. The van der Waals surface area contributed by atoms with Gasteiger partial charge in [0.2, 0.25) is 5.91 Å². The van der Waals surface area contributed by atoms with Gasteiger partial charge < -0.3 is 9.88 Å². The zero-order chi connectivity index (χ0) is 19.9. The number of aromatic nitrogens is 3. The summed E-state index contributed by atoms with van der Waals surface area (Å²) in [5.74, 6) is 1.03. The summed E-state index contributed by atoms with van der Waals surface area (Å²) >= 11 is 4.64. The van der Waals surface area contributed by atoms with E-state index in [4.69, 9.17) is 0 Å². The van der Waals surface area contributed by atoms with Crippen molar-refractivity contribution in [2.24, 2.45) is 0 Å². The summed E-state index contributed by atoms with van der Waals surface area (Å²) in [4.78, 5) is 23.2. The van der Waals surface area contributed by atoms with Crippen LogP contribution in [0.5, 0.6) is 0 Å². The zero-order valence-electron chi connectivity index (χ0n) is 15.5. The van der Waals surface area contributed by atoms with Crippen molar-refractivity contribution >= 4 is 34.5 Å². The van der Waals surface area contributed by atoms with E-state index in [1.165, 1.54) is 11.8 Å². The van der Waals surface area contributed by atoms with Gasteiger partial charge in [-0.05, 0) is 30.8 Å². The minimum Gasteiger partial charge on any atom is -0.345 e. The number of halogens is 1. The lowest BCUT2D eigenvalue weighted by Crippen LogP contribution is -2.16. The van der Waals surface area contributed by atoms with Gasteiger partial charge in [-0.2, -0.15) is 0 Å². The average Bonchev–Trinajstić information content (AvgIpc) is 3.42. The van der Waals surface area contributed by atoms with Crippen LogP contribution in [0.1, 0.15) is 18.7 Å². The Kier molecular flexibility index (Phi) is 10.9. The average molecular weight is 385 g/mol. The fraction of sp³-hybridized carbons (Fsp3) is 0.190. The lowest BCUT2D eigenvalue weighted by Gasteiger charge is -2.05. The van der Waals surface area contributed by atoms with Gasteiger partial charge in [0.25, 0.3) is 0 Å². The van der Waals surface area contributed by atoms with Crippen LogP contribution in [0.15, 0.2) is 74.3 Å². The minimum atomic E-state index is 0.208. The van der Waals surface area contributed by atoms with Crippen molar-refractivity contribution in [2.75, 3.05) is 12.9 Å². The molecule has 1 saturated heterocycles. The molecule has 4 rings (SSSR count). The molecule has 0 spiro atoms. The maximum absolute atomic E-state index is 10.7. The number of nitrogens with zero attached hydrogens (tertiary/aromatic N) is 3. The number of carbonyl (C=O) groups is 1. The topological polar surface area (TPSA) is 61.9 Å². The number of pyridine rings is 1. The summed E-state index contributed by atoms with van der Waals surface area (Å²) in [7, 11) is 0. The van der Waals surface area contributed by atoms with Crippen molar-refractivity contribution < 1.29 is 4.79 Å². The van der Waals surface area contributed by atoms with Crippen LogP contribution in [0.4, 0.5) is 0 Å². The standard InChI is InChI=1S/C9H7N.C6H9NO.C5H6N2.CH3Cl/c1-2-6-9-8(4-1)5-3-7-10-9;1-2-7-5-3-4-6(7)8;1-2-5-6-3-4-7-5;1-2/h1-7H;2H,1,3-5H2;2-4H,1H2,(H,6,7);1H3. The monoisotopic (exact) mass is 384 g/mol. The fourth-order valence-electron chi connectivity index (χ4n) is 2.27. The van der Waals surface area contributed by atoms with Crippen LogP contribution < -0.4 is 0 Å². The number of nitrogens with one attached hydrogen (secondary N) is 1. The van der Waals surface area contributed by atoms with Gasteiger partial charge in [-0.1, -0.05) is 37.4 Å². The smallest absolute Gasteiger partial charge is 0.226 e. The van der Waals surface area contributed by atoms with Crippen LogP contribution >= 0.6 is 11.6 Å². The van der Waals surface area contributed by atoms with Gasteiger partial charge >= 0.3 is 0 Å². The second-order valence-electron chi connectivity index (χ2n) is 5.25. The molecule has 0 atom stereocenters. The summed E-state index contributed by atoms with van der Waals surface area (Å²) in [6.07, 6.45) is 11.7. The van der Waals surface area contributed by atoms with Gasteiger partial charge in [0.1, 0.15) is 5.82 Å². The quantitative estimate of drug-likeness (QED) is 0.639. The highest BCUT2D eigenvalue weighted by atomic mass is 35.5. The molecule has 1 fully saturated rings. The van der Waals surface area contributed by atoms with E-state index < -0.39 is 0 Å². The van der Waals surface area contributed by atoms with Crippen LogP contribution in [-0.2, 0) is 4.79 Å². The van der Waals surface area contributed by atoms with Crippen LogP contribution in [0, 0.1) is 0 Å². The number of hydrogen-bond donors (Lipinski definition) is 1. The van der Waals surface area contributed by atoms with E-state index >= 15 is 0 Å². The van der Waals surface area contributed by atoms with Crippen molar-refractivity contribution in [1.82, 2.24) is 19.9 Å². The van der Waals surface area contributed by atoms with Gasteiger partial charge in [0.15, 0.2) is 0 Å². The van der Waals surface area contributed by atoms with Gasteiger partial charge in [-0.3, -0.25) is 9.78 Å². The minimum absolute atomic E-state index is 0.208. The molecule has 1 aromatic carbocycles. The Balaban J connectivity index is 0.000000197. The Labute approximate surface area is 165 Å². The van der Waals surface area contributed by atoms with Crippen LogP contribution in [-0.4, -0.2) is 38.7 Å². The number of aromatic amines is 1. The number of H-pyrrole nitrogens is 1. The number of rotatable bonds is 2. The maximum atomic E-state index is 10.7. The van der Waals surface area contributed by atoms with Gasteiger partial charge in [-0.15, -0.1) is 11.6 Å². The molecule has 1 amide bonds. The van der Waals surface area contributed by atoms with Gasteiger partial charge in [-0.25, -0.2) is 4.98 Å². The number of likely N-dealkylation sites (tertiary alicyclic amines) is 1. The van der Waals surface area contributed by atoms with Crippen LogP contribution in [0.3, 0.4) is 0 Å². The number of carbonyl (C=O) groups excluding carboxylic acids is 1. The van der Waals surface area contributed by atoms with Crippen molar-refractivity contribution in [1.29, 1.82) is 0 Å². The zero-order valence-corrected chi connectivity index (χ0v) is 16.3. The molecule has 0 unspecified atom stereocenters. The summed E-state index contributed by atoms with van der Waals surface area (Å²) in [6.45, 7) is 7.87. The SMILES string of the molecule is C=CN1CCCC1=O.C=Cc1ncc[nH]1.CCl.c1ccc2ncccc2c1. The molecular formula is C21H25ClN4O. The van der Waals surface area contributed by atoms with Crippen LogP contribution in [0.25, 0.3) is 17.0 Å². The van der Waals surface area contributed by atoms with Crippen molar-refractivity contribution in [2.45, 2.75) is 12.8 Å². The summed E-state index contributed by atoms with van der Waals surface area (Å²) < 4.78 is 0. The molecule has 3 heterocycles. The highest BCUT2D eigenvalue weighted by Crippen LogP contribution is 2.08. The molecule has 1 N–H and O–H groups in total. The molecule has 5 nitrogen and oxygen atoms in total. The highest BCUT2D eigenvalue weighted by molar-refractivity contribution is 6.15. The number of imidazole rings is 1. The third-order valence-electron chi connectivity index (χ3n) is 3.56. The first-order valence-electron chi connectivity index (χ1n) is 8.46. The Morgan fingerprint density at radius 2 is 1.85 bits per heavy atom. The third kappa shape index (κ3) is 7.88. The molecule has 1 aliphatic heterocycles. The molecule has 0 bridgehead atoms. The van der Waals surface area contributed by atoms with E-state index in [9.17, 15) is 4.79 Å². The number of para-hydroxylation sites is 1. The molecule has 142 valence electrons. The van der Waals surface area contributed by atoms with E-state index in [0.29, 0.717) is 6.42 Å². The predicted octanol–water partition coefficient (Wildman–Crippen LogP) is 4.89. The first-order chi connectivity index (χ1) is 13.2. The van der Waals surface area contributed by atoms with E-state index in [1.54, 1.807) is 29.6 Å². The van der Waals surface area contributed by atoms with E-state index in [-0.39, 0.29) is 5.91 Å². The second kappa shape index (κ2) is 13.3. The molecule has 0 radical (unpaired) electrons. The lowest BCUT2D eigenvalue weighted by atomic mass is 10.2. The van der Waals surface area contributed by atoms with E-state index in [0.717, 1.165) is 24.3 Å². The molecular weight excluding hydrogens is 360 g/mol. The molecule has 27 heavy (non-hydrogen) atoms. The first kappa shape index (κ1) is 22.1. The van der Waals surface area contributed by atoms with E-state index in [1.807, 2.05) is 30.5 Å². The lowest BCUT2D eigenvalue weighted by molar-refractivity contribution is -0.125. The predicted molar refractivity (Wildman–Crippen MR) is 113 cm³/mol. The highest BCUT2D eigenvalue weighted by Gasteiger charge is 2.15. The number of fused-ring (bicyclic) bond motifs is 1. The number of hydrogen-bond acceptors (Lipinski definition) is 3. The van der Waals surface area contributed by atoms with Crippen LogP contribution in [0.2, 0.25) is 0 Å². The Morgan fingerprint density at radius 1 is 1.11 bits per heavy atom. The van der Waals surface area contributed by atoms with Crippen molar-refractivity contribution in [3.63, 3.8) is 0 Å². The summed E-state index contributed by atoms with van der Waals surface area (Å²) in [6, 6.07) is 12.1. The maximum Gasteiger partial charge on any atom is 0.226 e. The summed E-state index contributed by atoms with van der Waals surface area (Å²) in [5, 5.41) is 1.20. The van der Waals surface area contributed by atoms with E-state index in [2.05, 4.69) is 51.8 Å². The molecule has 6 heteroatoms. The molecule has 3 aromatic rings. The third-order valence-corrected chi connectivity index (χ3v) is 3.56. The number of amides is 1. The molecule has 1 aliphatic rings. The van der Waals surface area contributed by atoms with Crippen molar-refractivity contribution in [3.8, 4) is 0 Å².